The number of hydrogen-bond acceptors (Lipinski definition) is 1. The second-order valence-corrected chi connectivity index (χ2v) is 2.58. The van der Waals surface area contributed by atoms with Gasteiger partial charge in [-0.1, -0.05) is 12.2 Å². The molecule has 0 amide bonds. The fourth-order valence-corrected chi connectivity index (χ4v) is 1.57. The van der Waals surface area contributed by atoms with Gasteiger partial charge in [0.25, 0.3) is 0 Å². The summed E-state index contributed by atoms with van der Waals surface area (Å²) in [4.78, 5) is 10.9. The molecule has 1 fully saturated rings. The Kier molecular flexibility index (Phi) is 0.655. The van der Waals surface area contributed by atoms with Gasteiger partial charge in [-0.15, -0.1) is 0 Å². The summed E-state index contributed by atoms with van der Waals surface area (Å²) in [5.74, 6) is 1.10. The minimum atomic E-state index is 0.319. The first-order valence-corrected chi connectivity index (χ1v) is 3.10. The summed E-state index contributed by atoms with van der Waals surface area (Å²) in [6.07, 6.45) is 6.33. The summed E-state index contributed by atoms with van der Waals surface area (Å²) >= 11 is 0. The fourth-order valence-electron chi connectivity index (χ4n) is 1.57. The van der Waals surface area contributed by atoms with Crippen molar-refractivity contribution in [1.82, 2.24) is 0 Å². The van der Waals surface area contributed by atoms with Crippen molar-refractivity contribution in [2.24, 2.45) is 11.8 Å². The van der Waals surface area contributed by atoms with Crippen molar-refractivity contribution in [2.75, 3.05) is 0 Å². The summed E-state index contributed by atoms with van der Waals surface area (Å²) in [5, 5.41) is 0. The molecule has 2 aliphatic carbocycles. The van der Waals surface area contributed by atoms with Crippen LogP contribution in [0.5, 0.6) is 0 Å². The van der Waals surface area contributed by atoms with Crippen molar-refractivity contribution in [3.05, 3.63) is 12.2 Å². The topological polar surface area (TPSA) is 17.1 Å². The number of hydrogen-bond donors (Lipinski definition) is 0. The molecule has 0 aromatic heterocycles. The van der Waals surface area contributed by atoms with E-state index in [1.165, 1.54) is 0 Å². The molecular weight excluding hydrogens is 100 g/mol. The lowest BCUT2D eigenvalue weighted by Gasteiger charge is -1.94. The van der Waals surface area contributed by atoms with E-state index in [1.54, 1.807) is 0 Å². The number of ketones is 1. The maximum absolute atomic E-state index is 10.9. The Hall–Kier alpha value is -0.590. The predicted octanol–water partition coefficient (Wildman–Crippen LogP) is 1.15. The van der Waals surface area contributed by atoms with Crippen molar-refractivity contribution in [1.29, 1.82) is 0 Å². The lowest BCUT2D eigenvalue weighted by molar-refractivity contribution is -0.120. The third kappa shape index (κ3) is 0.347. The molecule has 1 saturated carbocycles. The minimum absolute atomic E-state index is 0.319. The van der Waals surface area contributed by atoms with Gasteiger partial charge in [-0.3, -0.25) is 4.79 Å². The van der Waals surface area contributed by atoms with E-state index < -0.39 is 0 Å². The first-order valence-electron chi connectivity index (χ1n) is 3.10. The maximum Gasteiger partial charge on any atom is 0.146 e. The molecule has 1 nitrogen and oxygen atoms in total. The molecule has 0 aliphatic heterocycles. The zero-order chi connectivity index (χ0) is 5.56. The van der Waals surface area contributed by atoms with Crippen LogP contribution in [0, 0.1) is 11.8 Å². The molecule has 0 unspecified atom stereocenters. The van der Waals surface area contributed by atoms with Crippen LogP contribution in [0.1, 0.15) is 12.8 Å². The Morgan fingerprint density at radius 3 is 1.88 bits per heavy atom. The smallest absolute Gasteiger partial charge is 0.146 e. The Bertz CT molecular complexity index is 142. The lowest BCUT2D eigenvalue weighted by Crippen LogP contribution is -2.02. The monoisotopic (exact) mass is 108 g/mol. The minimum Gasteiger partial charge on any atom is -0.298 e. The molecule has 2 aliphatic rings. The van der Waals surface area contributed by atoms with Crippen LogP contribution in [0.3, 0.4) is 0 Å². The number of rotatable bonds is 0. The van der Waals surface area contributed by atoms with E-state index in [-0.39, 0.29) is 0 Å². The molecule has 2 bridgehead atoms. The van der Waals surface area contributed by atoms with Crippen LogP contribution in [0.2, 0.25) is 0 Å². The summed E-state index contributed by atoms with van der Waals surface area (Å²) in [7, 11) is 0. The first-order chi connectivity index (χ1) is 3.88. The quantitative estimate of drug-likeness (QED) is 0.425. The van der Waals surface area contributed by atoms with E-state index in [0.29, 0.717) is 17.6 Å². The summed E-state index contributed by atoms with van der Waals surface area (Å²) in [6.45, 7) is 0. The zero-order valence-electron chi connectivity index (χ0n) is 4.63. The van der Waals surface area contributed by atoms with Crippen molar-refractivity contribution < 1.29 is 4.79 Å². The molecule has 1 heteroatoms. The highest BCUT2D eigenvalue weighted by molar-refractivity contribution is 5.91. The normalized spacial score (nSPS) is 41.8. The fraction of sp³-hybridized carbons (Fsp3) is 0.571. The molecule has 8 heavy (non-hydrogen) atoms. The van der Waals surface area contributed by atoms with Crippen LogP contribution in [0.25, 0.3) is 0 Å². The third-order valence-electron chi connectivity index (χ3n) is 2.10. The zero-order valence-corrected chi connectivity index (χ0v) is 4.63. The van der Waals surface area contributed by atoms with Gasteiger partial charge in [0, 0.05) is 11.8 Å². The van der Waals surface area contributed by atoms with Crippen molar-refractivity contribution in [2.45, 2.75) is 12.8 Å². The molecule has 0 saturated heterocycles. The van der Waals surface area contributed by atoms with Crippen LogP contribution in [-0.4, -0.2) is 5.78 Å². The Morgan fingerprint density at radius 2 is 1.75 bits per heavy atom. The van der Waals surface area contributed by atoms with E-state index in [1.807, 2.05) is 0 Å². The molecule has 42 valence electrons. The van der Waals surface area contributed by atoms with Gasteiger partial charge in [0.05, 0.1) is 0 Å². The molecule has 0 radical (unpaired) electrons. The number of carbonyl (C=O) groups is 1. The SMILES string of the molecule is O=C1[C@@H]2C=C[C@H]1CC2. The second kappa shape index (κ2) is 1.22. The molecule has 0 heterocycles. The van der Waals surface area contributed by atoms with Gasteiger partial charge in [-0.05, 0) is 12.8 Å². The van der Waals surface area contributed by atoms with Crippen LogP contribution < -0.4 is 0 Å². The Morgan fingerprint density at radius 1 is 1.25 bits per heavy atom. The van der Waals surface area contributed by atoms with E-state index in [2.05, 4.69) is 12.2 Å². The Labute approximate surface area is 48.4 Å². The molecule has 0 spiro atoms. The maximum atomic E-state index is 10.9. The lowest BCUT2D eigenvalue weighted by atomic mass is 10.1. The van der Waals surface area contributed by atoms with Gasteiger partial charge in [-0.2, -0.15) is 0 Å². The van der Waals surface area contributed by atoms with Gasteiger partial charge in [0.15, 0.2) is 0 Å². The first kappa shape index (κ1) is 4.30. The van der Waals surface area contributed by atoms with Gasteiger partial charge in [0.2, 0.25) is 0 Å². The van der Waals surface area contributed by atoms with Gasteiger partial charge >= 0.3 is 0 Å². The van der Waals surface area contributed by atoms with Gasteiger partial charge in [-0.25, -0.2) is 0 Å². The molecule has 0 aromatic carbocycles. The van der Waals surface area contributed by atoms with Crippen LogP contribution in [-0.2, 0) is 4.79 Å². The van der Waals surface area contributed by atoms with E-state index in [0.717, 1.165) is 12.8 Å². The summed E-state index contributed by atoms with van der Waals surface area (Å²) in [6, 6.07) is 0. The van der Waals surface area contributed by atoms with Crippen molar-refractivity contribution in [3.8, 4) is 0 Å². The number of carbonyl (C=O) groups excluding carboxylic acids is 1. The molecule has 2 atom stereocenters. The molecular formula is C7H8O. The third-order valence-corrected chi connectivity index (χ3v) is 2.10. The van der Waals surface area contributed by atoms with Crippen LogP contribution in [0.4, 0.5) is 0 Å². The number of fused-ring (bicyclic) bond motifs is 2. The van der Waals surface area contributed by atoms with Crippen molar-refractivity contribution in [3.63, 3.8) is 0 Å². The highest BCUT2D eigenvalue weighted by atomic mass is 16.1. The molecule has 0 aromatic rings. The Balaban J connectivity index is 2.39. The average molecular weight is 108 g/mol. The van der Waals surface area contributed by atoms with Crippen LogP contribution in [0.15, 0.2) is 12.2 Å². The van der Waals surface area contributed by atoms with Gasteiger partial charge < -0.3 is 0 Å². The molecule has 2 rings (SSSR count). The highest BCUT2D eigenvalue weighted by Crippen LogP contribution is 2.34. The van der Waals surface area contributed by atoms with Crippen LogP contribution >= 0.6 is 0 Å². The van der Waals surface area contributed by atoms with E-state index >= 15 is 0 Å². The standard InChI is InChI=1S/C7H8O/c8-7-5-1-2-6(7)4-3-5/h1-2,5-6H,3-4H2/t5-,6+. The van der Waals surface area contributed by atoms with Gasteiger partial charge in [0.1, 0.15) is 5.78 Å². The summed E-state index contributed by atoms with van der Waals surface area (Å²) in [5.41, 5.74) is 0. The molecule has 0 N–H and O–H groups in total. The summed E-state index contributed by atoms with van der Waals surface area (Å²) < 4.78 is 0. The van der Waals surface area contributed by atoms with Crippen molar-refractivity contribution >= 4 is 5.78 Å². The number of allylic oxidation sites excluding steroid dienone is 2. The van der Waals surface area contributed by atoms with E-state index in [9.17, 15) is 4.79 Å². The number of Topliss-reactive ketones (excluding diaryl/α,β-unsaturated/α-hetero) is 1. The predicted molar refractivity (Wildman–Crippen MR) is 30.4 cm³/mol. The second-order valence-electron chi connectivity index (χ2n) is 2.58. The van der Waals surface area contributed by atoms with E-state index in [4.69, 9.17) is 0 Å². The average Bonchev–Trinajstić information content (AvgIpc) is 2.29. The largest absolute Gasteiger partial charge is 0.298 e. The highest BCUT2D eigenvalue weighted by Gasteiger charge is 2.35.